The van der Waals surface area contributed by atoms with Gasteiger partial charge in [-0.15, -0.1) is 0 Å². The molecule has 4 nitrogen and oxygen atoms in total. The molecule has 0 aromatic carbocycles. The number of piperidine rings is 1. The topological polar surface area (TPSA) is 48.4 Å². The summed E-state index contributed by atoms with van der Waals surface area (Å²) in [5.74, 6) is 0.895. The van der Waals surface area contributed by atoms with Crippen molar-refractivity contribution in [1.29, 1.82) is 0 Å². The SMILES string of the molecule is CNc1cc(CN2CCCC(C)(O)C2)ccn1. The number of hydrogen-bond donors (Lipinski definition) is 2. The molecule has 1 atom stereocenters. The van der Waals surface area contributed by atoms with Gasteiger partial charge in [-0.25, -0.2) is 4.98 Å². The van der Waals surface area contributed by atoms with E-state index in [1.807, 2.05) is 26.2 Å². The van der Waals surface area contributed by atoms with Gasteiger partial charge in [0.1, 0.15) is 5.82 Å². The van der Waals surface area contributed by atoms with Gasteiger partial charge in [-0.05, 0) is 44.0 Å². The van der Waals surface area contributed by atoms with Crippen molar-refractivity contribution in [3.05, 3.63) is 23.9 Å². The Labute approximate surface area is 103 Å². The number of hydrogen-bond acceptors (Lipinski definition) is 4. The summed E-state index contributed by atoms with van der Waals surface area (Å²) in [6.45, 7) is 4.62. The van der Waals surface area contributed by atoms with Gasteiger partial charge >= 0.3 is 0 Å². The molecule has 1 aliphatic rings. The van der Waals surface area contributed by atoms with Crippen LogP contribution in [0.3, 0.4) is 0 Å². The van der Waals surface area contributed by atoms with Crippen molar-refractivity contribution >= 4 is 5.82 Å². The Morgan fingerprint density at radius 2 is 2.41 bits per heavy atom. The number of anilines is 1. The summed E-state index contributed by atoms with van der Waals surface area (Å²) in [5, 5.41) is 13.1. The lowest BCUT2D eigenvalue weighted by molar-refractivity contribution is -0.0181. The van der Waals surface area contributed by atoms with Crippen LogP contribution < -0.4 is 5.32 Å². The largest absolute Gasteiger partial charge is 0.389 e. The van der Waals surface area contributed by atoms with Crippen LogP contribution in [0.2, 0.25) is 0 Å². The normalized spacial score (nSPS) is 25.8. The monoisotopic (exact) mass is 235 g/mol. The van der Waals surface area contributed by atoms with Crippen molar-refractivity contribution in [2.45, 2.75) is 31.9 Å². The number of pyridine rings is 1. The Kier molecular flexibility index (Phi) is 3.64. The van der Waals surface area contributed by atoms with Crippen LogP contribution in [-0.4, -0.2) is 40.7 Å². The highest BCUT2D eigenvalue weighted by molar-refractivity contribution is 5.36. The number of β-amino-alcohol motifs (C(OH)–C–C–N with tert-alkyl or cyclic N) is 1. The maximum absolute atomic E-state index is 10.1. The average Bonchev–Trinajstić information content (AvgIpc) is 2.28. The van der Waals surface area contributed by atoms with E-state index in [-0.39, 0.29) is 0 Å². The first-order valence-corrected chi connectivity index (χ1v) is 6.16. The molecule has 2 heterocycles. The fourth-order valence-electron chi connectivity index (χ4n) is 2.43. The molecule has 1 unspecified atom stereocenters. The molecule has 1 aromatic rings. The van der Waals surface area contributed by atoms with E-state index in [0.29, 0.717) is 0 Å². The van der Waals surface area contributed by atoms with E-state index in [1.54, 1.807) is 0 Å². The number of nitrogens with zero attached hydrogens (tertiary/aromatic N) is 2. The molecule has 0 saturated carbocycles. The molecule has 1 aliphatic heterocycles. The van der Waals surface area contributed by atoms with Crippen LogP contribution in [0.4, 0.5) is 5.82 Å². The first kappa shape index (κ1) is 12.3. The number of rotatable bonds is 3. The maximum Gasteiger partial charge on any atom is 0.125 e. The molecule has 0 radical (unpaired) electrons. The van der Waals surface area contributed by atoms with E-state index in [1.165, 1.54) is 5.56 Å². The third kappa shape index (κ3) is 3.41. The van der Waals surface area contributed by atoms with Crippen molar-refractivity contribution in [2.75, 3.05) is 25.5 Å². The van der Waals surface area contributed by atoms with Gasteiger partial charge in [0.15, 0.2) is 0 Å². The van der Waals surface area contributed by atoms with Crippen LogP contribution in [0.1, 0.15) is 25.3 Å². The highest BCUT2D eigenvalue weighted by atomic mass is 16.3. The van der Waals surface area contributed by atoms with Gasteiger partial charge in [0.05, 0.1) is 5.60 Å². The second-order valence-electron chi connectivity index (χ2n) is 5.11. The summed E-state index contributed by atoms with van der Waals surface area (Å²) in [7, 11) is 1.87. The molecule has 1 aromatic heterocycles. The van der Waals surface area contributed by atoms with E-state index in [2.05, 4.69) is 21.3 Å². The molecule has 0 aliphatic carbocycles. The molecule has 0 bridgehead atoms. The molecule has 1 fully saturated rings. The van der Waals surface area contributed by atoms with Crippen molar-refractivity contribution in [3.8, 4) is 0 Å². The fourth-order valence-corrected chi connectivity index (χ4v) is 2.43. The Morgan fingerprint density at radius 1 is 1.59 bits per heavy atom. The standard InChI is InChI=1S/C13H21N3O/c1-13(17)5-3-7-16(10-13)9-11-4-6-15-12(8-11)14-2/h4,6,8,17H,3,5,7,9-10H2,1-2H3,(H,14,15). The highest BCUT2D eigenvalue weighted by Crippen LogP contribution is 2.22. The molecule has 2 N–H and O–H groups in total. The zero-order valence-electron chi connectivity index (χ0n) is 10.6. The van der Waals surface area contributed by atoms with E-state index in [9.17, 15) is 5.11 Å². The molecule has 4 heteroatoms. The summed E-state index contributed by atoms with van der Waals surface area (Å²) in [6.07, 6.45) is 3.79. The molecule has 17 heavy (non-hydrogen) atoms. The van der Waals surface area contributed by atoms with E-state index >= 15 is 0 Å². The second kappa shape index (κ2) is 5.02. The smallest absolute Gasteiger partial charge is 0.125 e. The van der Waals surface area contributed by atoms with Gasteiger partial charge < -0.3 is 10.4 Å². The minimum atomic E-state index is -0.531. The van der Waals surface area contributed by atoms with Gasteiger partial charge in [0.25, 0.3) is 0 Å². The number of likely N-dealkylation sites (tertiary alicyclic amines) is 1. The van der Waals surface area contributed by atoms with Crippen LogP contribution in [0.15, 0.2) is 18.3 Å². The van der Waals surface area contributed by atoms with Crippen LogP contribution >= 0.6 is 0 Å². The molecule has 1 saturated heterocycles. The van der Waals surface area contributed by atoms with Crippen LogP contribution in [-0.2, 0) is 6.54 Å². The zero-order chi connectivity index (χ0) is 12.3. The fraction of sp³-hybridized carbons (Fsp3) is 0.615. The van der Waals surface area contributed by atoms with Crippen LogP contribution in [0, 0.1) is 0 Å². The molecular weight excluding hydrogens is 214 g/mol. The lowest BCUT2D eigenvalue weighted by atomic mass is 9.95. The van der Waals surface area contributed by atoms with Gasteiger partial charge in [0, 0.05) is 26.3 Å². The van der Waals surface area contributed by atoms with Crippen LogP contribution in [0.25, 0.3) is 0 Å². The number of aliphatic hydroxyl groups is 1. The van der Waals surface area contributed by atoms with Gasteiger partial charge in [-0.1, -0.05) is 0 Å². The Hall–Kier alpha value is -1.13. The Balaban J connectivity index is 2.00. The van der Waals surface area contributed by atoms with Crippen molar-refractivity contribution in [3.63, 3.8) is 0 Å². The minimum Gasteiger partial charge on any atom is -0.389 e. The summed E-state index contributed by atoms with van der Waals surface area (Å²) in [5.41, 5.74) is 0.707. The van der Waals surface area contributed by atoms with E-state index in [4.69, 9.17) is 0 Å². The minimum absolute atomic E-state index is 0.531. The molecule has 0 amide bonds. The first-order chi connectivity index (χ1) is 8.09. The maximum atomic E-state index is 10.1. The summed E-state index contributed by atoms with van der Waals surface area (Å²) >= 11 is 0. The van der Waals surface area contributed by atoms with Gasteiger partial charge in [0.2, 0.25) is 0 Å². The third-order valence-corrected chi connectivity index (χ3v) is 3.24. The summed E-state index contributed by atoms with van der Waals surface area (Å²) < 4.78 is 0. The second-order valence-corrected chi connectivity index (χ2v) is 5.11. The lowest BCUT2D eigenvalue weighted by Crippen LogP contribution is -2.45. The predicted molar refractivity (Wildman–Crippen MR) is 68.9 cm³/mol. The van der Waals surface area contributed by atoms with Crippen molar-refractivity contribution < 1.29 is 5.11 Å². The number of nitrogens with one attached hydrogen (secondary N) is 1. The predicted octanol–water partition coefficient (Wildman–Crippen LogP) is 1.47. The van der Waals surface area contributed by atoms with Gasteiger partial charge in [-0.3, -0.25) is 4.90 Å². The average molecular weight is 235 g/mol. The van der Waals surface area contributed by atoms with Crippen molar-refractivity contribution in [2.24, 2.45) is 0 Å². The van der Waals surface area contributed by atoms with Crippen molar-refractivity contribution in [1.82, 2.24) is 9.88 Å². The third-order valence-electron chi connectivity index (χ3n) is 3.24. The molecule has 0 spiro atoms. The quantitative estimate of drug-likeness (QED) is 0.833. The summed E-state index contributed by atoms with van der Waals surface area (Å²) in [4.78, 5) is 6.50. The molecule has 2 rings (SSSR count). The Bertz CT molecular complexity index is 379. The van der Waals surface area contributed by atoms with E-state index in [0.717, 1.165) is 38.3 Å². The zero-order valence-corrected chi connectivity index (χ0v) is 10.6. The van der Waals surface area contributed by atoms with Gasteiger partial charge in [-0.2, -0.15) is 0 Å². The first-order valence-electron chi connectivity index (χ1n) is 6.16. The highest BCUT2D eigenvalue weighted by Gasteiger charge is 2.28. The van der Waals surface area contributed by atoms with E-state index < -0.39 is 5.60 Å². The lowest BCUT2D eigenvalue weighted by Gasteiger charge is -2.36. The Morgan fingerprint density at radius 3 is 3.12 bits per heavy atom. The number of aromatic nitrogens is 1. The molecule has 94 valence electrons. The van der Waals surface area contributed by atoms with Crippen LogP contribution in [0.5, 0.6) is 0 Å². The summed E-state index contributed by atoms with van der Waals surface area (Å²) in [6, 6.07) is 4.09. The molecular formula is C13H21N3O.